The van der Waals surface area contributed by atoms with Crippen LogP contribution in [0.25, 0.3) is 0 Å². The molecule has 0 saturated heterocycles. The molecule has 0 spiro atoms. The van der Waals surface area contributed by atoms with Crippen molar-refractivity contribution in [2.24, 2.45) is 0 Å². The SMILES string of the molecule is CCOC(=O)C(CCSC)NC(=O)C[NH3+].[Cl-]. The van der Waals surface area contributed by atoms with Gasteiger partial charge in [0.15, 0.2) is 6.54 Å². The van der Waals surface area contributed by atoms with Gasteiger partial charge >= 0.3 is 5.97 Å². The van der Waals surface area contributed by atoms with E-state index in [1.165, 1.54) is 0 Å². The number of nitrogens with one attached hydrogen (secondary N) is 1. The Bertz CT molecular complexity index is 217. The second-order valence-electron chi connectivity index (χ2n) is 2.90. The summed E-state index contributed by atoms with van der Waals surface area (Å²) in [5.74, 6) is 0.212. The number of quaternary nitrogens is 1. The number of carbonyl (C=O) groups excluding carboxylic acids is 2. The lowest BCUT2D eigenvalue weighted by atomic mass is 10.2. The van der Waals surface area contributed by atoms with E-state index < -0.39 is 6.04 Å². The topological polar surface area (TPSA) is 83.0 Å². The maximum Gasteiger partial charge on any atom is 0.328 e. The van der Waals surface area contributed by atoms with E-state index >= 15 is 0 Å². The minimum Gasteiger partial charge on any atom is -1.00 e. The average molecular weight is 271 g/mol. The molecule has 0 radical (unpaired) electrons. The lowest BCUT2D eigenvalue weighted by Crippen LogP contribution is -3.00. The number of thioether (sulfide) groups is 1. The number of carbonyl (C=O) groups is 2. The molecule has 0 aromatic heterocycles. The number of hydrogen-bond acceptors (Lipinski definition) is 4. The van der Waals surface area contributed by atoms with Gasteiger partial charge in [0.2, 0.25) is 0 Å². The molecule has 0 heterocycles. The van der Waals surface area contributed by atoms with Crippen LogP contribution in [0.4, 0.5) is 0 Å². The number of amides is 1. The van der Waals surface area contributed by atoms with Gasteiger partial charge in [-0.1, -0.05) is 0 Å². The van der Waals surface area contributed by atoms with Gasteiger partial charge in [0.05, 0.1) is 6.61 Å². The second-order valence-corrected chi connectivity index (χ2v) is 3.89. The third-order valence-electron chi connectivity index (χ3n) is 1.74. The lowest BCUT2D eigenvalue weighted by molar-refractivity contribution is -0.355. The van der Waals surface area contributed by atoms with Gasteiger partial charge in [-0.3, -0.25) is 4.79 Å². The summed E-state index contributed by atoms with van der Waals surface area (Å²) in [6.07, 6.45) is 2.54. The smallest absolute Gasteiger partial charge is 0.328 e. The van der Waals surface area contributed by atoms with Crippen molar-refractivity contribution in [3.05, 3.63) is 0 Å². The highest BCUT2D eigenvalue weighted by Gasteiger charge is 2.21. The van der Waals surface area contributed by atoms with E-state index in [-0.39, 0.29) is 30.8 Å². The van der Waals surface area contributed by atoms with Gasteiger partial charge < -0.3 is 28.2 Å². The Hall–Kier alpha value is -0.460. The van der Waals surface area contributed by atoms with E-state index in [4.69, 9.17) is 4.74 Å². The predicted octanol–water partition coefficient (Wildman–Crippen LogP) is -3.97. The van der Waals surface area contributed by atoms with Crippen molar-refractivity contribution in [2.75, 3.05) is 25.2 Å². The van der Waals surface area contributed by atoms with Crippen LogP contribution in [0.15, 0.2) is 0 Å². The van der Waals surface area contributed by atoms with Crippen LogP contribution < -0.4 is 23.5 Å². The third kappa shape index (κ3) is 7.78. The van der Waals surface area contributed by atoms with Crippen LogP contribution in [0.5, 0.6) is 0 Å². The van der Waals surface area contributed by atoms with Gasteiger partial charge in [0.1, 0.15) is 6.04 Å². The quantitative estimate of drug-likeness (QED) is 0.463. The summed E-state index contributed by atoms with van der Waals surface area (Å²) in [5.41, 5.74) is 3.45. The fourth-order valence-corrected chi connectivity index (χ4v) is 1.47. The Balaban J connectivity index is 0. The van der Waals surface area contributed by atoms with Crippen molar-refractivity contribution in [2.45, 2.75) is 19.4 Å². The van der Waals surface area contributed by atoms with Crippen molar-refractivity contribution in [1.82, 2.24) is 5.32 Å². The zero-order valence-corrected chi connectivity index (χ0v) is 11.2. The molecule has 1 unspecified atom stereocenters. The molecular formula is C9H19ClN2O3S. The molecule has 0 rings (SSSR count). The van der Waals surface area contributed by atoms with E-state index in [9.17, 15) is 9.59 Å². The Morgan fingerprint density at radius 3 is 2.56 bits per heavy atom. The molecule has 0 saturated carbocycles. The number of halogens is 1. The van der Waals surface area contributed by atoms with Crippen LogP contribution in [-0.4, -0.2) is 43.1 Å². The molecule has 0 aromatic carbocycles. The summed E-state index contributed by atoms with van der Waals surface area (Å²) < 4.78 is 4.86. The molecule has 16 heavy (non-hydrogen) atoms. The lowest BCUT2D eigenvalue weighted by Gasteiger charge is -2.15. The fraction of sp³-hybridized carbons (Fsp3) is 0.778. The number of hydrogen-bond donors (Lipinski definition) is 2. The summed E-state index contributed by atoms with van der Waals surface area (Å²) in [4.78, 5) is 22.5. The number of rotatable bonds is 7. The average Bonchev–Trinajstić information content (AvgIpc) is 2.24. The van der Waals surface area contributed by atoms with E-state index in [0.717, 1.165) is 5.75 Å². The minimum absolute atomic E-state index is 0. The zero-order valence-electron chi connectivity index (χ0n) is 9.62. The van der Waals surface area contributed by atoms with Gasteiger partial charge in [-0.15, -0.1) is 0 Å². The molecule has 0 fully saturated rings. The van der Waals surface area contributed by atoms with Crippen LogP contribution in [0.3, 0.4) is 0 Å². The second kappa shape index (κ2) is 11.0. The standard InChI is InChI=1S/C9H18N2O3S.ClH/c1-3-14-9(13)7(4-5-15-2)11-8(12)6-10;/h7H,3-6,10H2,1-2H3,(H,11,12);1H. The molecule has 0 bridgehead atoms. The first-order chi connectivity index (χ1) is 7.15. The largest absolute Gasteiger partial charge is 1.00 e. The maximum absolute atomic E-state index is 11.4. The van der Waals surface area contributed by atoms with Gasteiger partial charge in [0, 0.05) is 0 Å². The van der Waals surface area contributed by atoms with Gasteiger partial charge in [0.25, 0.3) is 5.91 Å². The molecule has 4 N–H and O–H groups in total. The molecule has 0 aliphatic carbocycles. The summed E-state index contributed by atoms with van der Waals surface area (Å²) >= 11 is 1.63. The Morgan fingerprint density at radius 2 is 2.12 bits per heavy atom. The highest BCUT2D eigenvalue weighted by atomic mass is 35.5. The number of esters is 1. The van der Waals surface area contributed by atoms with Crippen LogP contribution in [0.2, 0.25) is 0 Å². The first kappa shape index (κ1) is 17.9. The van der Waals surface area contributed by atoms with Crippen LogP contribution in [-0.2, 0) is 14.3 Å². The van der Waals surface area contributed by atoms with Crippen LogP contribution >= 0.6 is 11.8 Å². The number of ether oxygens (including phenoxy) is 1. The first-order valence-electron chi connectivity index (χ1n) is 4.89. The first-order valence-corrected chi connectivity index (χ1v) is 6.29. The Labute approximate surface area is 106 Å². The minimum atomic E-state index is -0.536. The van der Waals surface area contributed by atoms with E-state index in [1.807, 2.05) is 6.26 Å². The zero-order chi connectivity index (χ0) is 11.7. The molecular weight excluding hydrogens is 252 g/mol. The Kier molecular flexibility index (Phi) is 12.4. The van der Waals surface area contributed by atoms with Crippen molar-refractivity contribution in [3.8, 4) is 0 Å². The fourth-order valence-electron chi connectivity index (χ4n) is 0.994. The maximum atomic E-state index is 11.4. The van der Waals surface area contributed by atoms with Crippen molar-refractivity contribution < 1.29 is 32.5 Å². The van der Waals surface area contributed by atoms with Crippen LogP contribution in [0.1, 0.15) is 13.3 Å². The van der Waals surface area contributed by atoms with Crippen molar-refractivity contribution in [1.29, 1.82) is 0 Å². The van der Waals surface area contributed by atoms with Crippen molar-refractivity contribution >= 4 is 23.6 Å². The summed E-state index contributed by atoms with van der Waals surface area (Å²) in [6.45, 7) is 2.21. The highest BCUT2D eigenvalue weighted by molar-refractivity contribution is 7.98. The Morgan fingerprint density at radius 1 is 1.50 bits per heavy atom. The summed E-state index contributed by atoms with van der Waals surface area (Å²) in [7, 11) is 0. The van der Waals surface area contributed by atoms with Gasteiger partial charge in [-0.05, 0) is 25.4 Å². The molecule has 7 heteroatoms. The van der Waals surface area contributed by atoms with E-state index in [0.29, 0.717) is 13.0 Å². The van der Waals surface area contributed by atoms with E-state index in [1.54, 1.807) is 18.7 Å². The van der Waals surface area contributed by atoms with Crippen LogP contribution in [0, 0.1) is 0 Å². The molecule has 5 nitrogen and oxygen atoms in total. The summed E-state index contributed by atoms with van der Waals surface area (Å²) in [6, 6.07) is -0.536. The molecule has 96 valence electrons. The van der Waals surface area contributed by atoms with Crippen molar-refractivity contribution in [3.63, 3.8) is 0 Å². The molecule has 1 atom stereocenters. The molecule has 1 amide bonds. The monoisotopic (exact) mass is 270 g/mol. The molecule has 0 aliphatic heterocycles. The highest BCUT2D eigenvalue weighted by Crippen LogP contribution is 2.02. The van der Waals surface area contributed by atoms with E-state index in [2.05, 4.69) is 11.1 Å². The van der Waals surface area contributed by atoms with Gasteiger partial charge in [-0.2, -0.15) is 11.8 Å². The summed E-state index contributed by atoms with van der Waals surface area (Å²) in [5, 5.41) is 2.60. The van der Waals surface area contributed by atoms with Gasteiger partial charge in [-0.25, -0.2) is 4.79 Å². The normalized spacial score (nSPS) is 11.2. The molecule has 0 aliphatic rings. The molecule has 0 aromatic rings. The third-order valence-corrected chi connectivity index (χ3v) is 2.39. The predicted molar refractivity (Wildman–Crippen MR) is 59.3 cm³/mol.